The Morgan fingerprint density at radius 1 is 0.724 bits per heavy atom. The minimum absolute atomic E-state index is 0.286. The third-order valence-corrected chi connectivity index (χ3v) is 6.29. The second-order valence-electron chi connectivity index (χ2n) is 8.99. The molecule has 4 radical (unpaired) electrons. The van der Waals surface area contributed by atoms with E-state index in [0.29, 0.717) is 0 Å². The SMILES string of the molecule is [B]C([B])(c1ccnc(-c2ccc3cccc4c3c2-c2ccccc2-4)c1)C(C)(C)C. The van der Waals surface area contributed by atoms with E-state index in [1.54, 1.807) is 0 Å². The molecule has 1 nitrogen and oxygen atoms in total. The second kappa shape index (κ2) is 6.10. The Hall–Kier alpha value is -2.80. The number of fused-ring (bicyclic) bond motifs is 3. The molecule has 136 valence electrons. The van der Waals surface area contributed by atoms with Crippen molar-refractivity contribution in [1.82, 2.24) is 4.98 Å². The molecule has 0 spiro atoms. The third-order valence-electron chi connectivity index (χ3n) is 6.29. The summed E-state index contributed by atoms with van der Waals surface area (Å²) >= 11 is 0. The van der Waals surface area contributed by atoms with Crippen LogP contribution in [0.15, 0.2) is 72.9 Å². The summed E-state index contributed by atoms with van der Waals surface area (Å²) in [5, 5.41) is 1.58. The Morgan fingerprint density at radius 3 is 2.21 bits per heavy atom. The van der Waals surface area contributed by atoms with Crippen LogP contribution in [-0.4, -0.2) is 20.7 Å². The Morgan fingerprint density at radius 2 is 1.45 bits per heavy atom. The zero-order valence-corrected chi connectivity index (χ0v) is 17.0. The van der Waals surface area contributed by atoms with Gasteiger partial charge in [-0.15, -0.1) is 0 Å². The molecule has 0 unspecified atom stereocenters. The van der Waals surface area contributed by atoms with E-state index < -0.39 is 5.21 Å². The van der Waals surface area contributed by atoms with E-state index in [2.05, 4.69) is 75.4 Å². The van der Waals surface area contributed by atoms with Gasteiger partial charge in [0.15, 0.2) is 0 Å². The number of nitrogens with zero attached hydrogens (tertiary/aromatic N) is 1. The summed E-state index contributed by atoms with van der Waals surface area (Å²) in [6, 6.07) is 23.4. The molecule has 3 aromatic carbocycles. The second-order valence-corrected chi connectivity index (χ2v) is 8.99. The summed E-state index contributed by atoms with van der Waals surface area (Å²) in [7, 11) is 13.1. The van der Waals surface area contributed by atoms with Crippen LogP contribution >= 0.6 is 0 Å². The smallest absolute Gasteiger partial charge is 0.0710 e. The maximum absolute atomic E-state index is 6.56. The highest BCUT2D eigenvalue weighted by Crippen LogP contribution is 2.51. The topological polar surface area (TPSA) is 12.9 Å². The predicted molar refractivity (Wildman–Crippen MR) is 124 cm³/mol. The Labute approximate surface area is 175 Å². The molecule has 1 aliphatic rings. The van der Waals surface area contributed by atoms with Gasteiger partial charge in [-0.3, -0.25) is 4.98 Å². The lowest BCUT2D eigenvalue weighted by atomic mass is 9.41. The first-order chi connectivity index (χ1) is 13.8. The van der Waals surface area contributed by atoms with Crippen LogP contribution < -0.4 is 0 Å². The van der Waals surface area contributed by atoms with Gasteiger partial charge >= 0.3 is 0 Å². The van der Waals surface area contributed by atoms with Crippen molar-refractivity contribution in [3.63, 3.8) is 0 Å². The zero-order valence-electron chi connectivity index (χ0n) is 17.0. The maximum Gasteiger partial charge on any atom is 0.0710 e. The van der Waals surface area contributed by atoms with Crippen LogP contribution in [0.25, 0.3) is 44.3 Å². The highest BCUT2D eigenvalue weighted by molar-refractivity contribution is 6.40. The molecule has 0 bridgehead atoms. The van der Waals surface area contributed by atoms with E-state index in [4.69, 9.17) is 20.7 Å². The first-order valence-electron chi connectivity index (χ1n) is 9.99. The highest BCUT2D eigenvalue weighted by atomic mass is 14.7. The number of rotatable bonds is 2. The molecular weight excluding hydrogens is 348 g/mol. The van der Waals surface area contributed by atoms with Crippen LogP contribution in [0.2, 0.25) is 0 Å². The van der Waals surface area contributed by atoms with Gasteiger partial charge in [0.25, 0.3) is 0 Å². The Bertz CT molecular complexity index is 1270. The van der Waals surface area contributed by atoms with Gasteiger partial charge in [-0.1, -0.05) is 86.1 Å². The largest absolute Gasteiger partial charge is 0.256 e. The molecule has 1 aliphatic carbocycles. The molecule has 0 atom stereocenters. The average Bonchev–Trinajstić information content (AvgIpc) is 3.04. The first-order valence-corrected chi connectivity index (χ1v) is 9.99. The molecule has 4 aromatic rings. The fourth-order valence-electron chi connectivity index (χ4n) is 4.30. The van der Waals surface area contributed by atoms with Gasteiger partial charge in [0.2, 0.25) is 0 Å². The maximum atomic E-state index is 6.56. The molecule has 0 saturated carbocycles. The molecule has 29 heavy (non-hydrogen) atoms. The van der Waals surface area contributed by atoms with E-state index in [0.717, 1.165) is 16.8 Å². The molecule has 0 N–H and O–H groups in total. The van der Waals surface area contributed by atoms with Gasteiger partial charge in [0.05, 0.1) is 21.4 Å². The van der Waals surface area contributed by atoms with Crippen molar-refractivity contribution in [3.05, 3.63) is 78.5 Å². The van der Waals surface area contributed by atoms with Crippen LogP contribution in [0.3, 0.4) is 0 Å². The van der Waals surface area contributed by atoms with Crippen molar-refractivity contribution < 1.29 is 0 Å². The van der Waals surface area contributed by atoms with Gasteiger partial charge in [0, 0.05) is 17.3 Å². The van der Waals surface area contributed by atoms with Gasteiger partial charge in [-0.05, 0) is 45.0 Å². The zero-order chi connectivity index (χ0) is 20.4. The molecule has 1 heterocycles. The summed E-state index contributed by atoms with van der Waals surface area (Å²) in [5.74, 6) is 0. The standard InChI is InChI=1S/C26H21B2N/c1-25(2,3)26(27,28)17-13-14-29-22(15-17)21-12-11-16-7-6-10-19-18-8-4-5-9-20(18)24(21)23(16)19/h4-15H,1-3H3. The Balaban J connectivity index is 1.78. The Kier molecular flexibility index (Phi) is 3.84. The number of hydrogen-bond donors (Lipinski definition) is 0. The third kappa shape index (κ3) is 2.60. The molecule has 3 heteroatoms. The van der Waals surface area contributed by atoms with Gasteiger partial charge in [-0.25, -0.2) is 0 Å². The monoisotopic (exact) mass is 369 g/mol. The lowest BCUT2D eigenvalue weighted by Gasteiger charge is -2.40. The molecule has 0 saturated heterocycles. The summed E-state index contributed by atoms with van der Waals surface area (Å²) < 4.78 is 0. The van der Waals surface area contributed by atoms with Crippen LogP contribution in [0, 0.1) is 5.41 Å². The quantitative estimate of drug-likeness (QED) is 0.344. The van der Waals surface area contributed by atoms with Crippen molar-refractivity contribution in [1.29, 1.82) is 0 Å². The number of aromatic nitrogens is 1. The fourth-order valence-corrected chi connectivity index (χ4v) is 4.30. The van der Waals surface area contributed by atoms with Crippen molar-refractivity contribution in [3.8, 4) is 33.5 Å². The van der Waals surface area contributed by atoms with E-state index in [1.165, 1.54) is 33.0 Å². The molecule has 0 fully saturated rings. The summed E-state index contributed by atoms with van der Waals surface area (Å²) in [6.45, 7) is 6.18. The minimum atomic E-state index is -0.953. The van der Waals surface area contributed by atoms with Crippen LogP contribution in [0.5, 0.6) is 0 Å². The first kappa shape index (κ1) is 18.2. The number of pyridine rings is 1. The fraction of sp³-hybridized carbons (Fsp3) is 0.192. The molecule has 1 aromatic heterocycles. The lowest BCUT2D eigenvalue weighted by molar-refractivity contribution is 0.358. The summed E-state index contributed by atoms with van der Waals surface area (Å²) in [4.78, 5) is 4.71. The normalized spacial score (nSPS) is 12.9. The number of benzene rings is 3. The minimum Gasteiger partial charge on any atom is -0.256 e. The van der Waals surface area contributed by atoms with Crippen molar-refractivity contribution in [2.24, 2.45) is 5.41 Å². The van der Waals surface area contributed by atoms with Gasteiger partial charge < -0.3 is 0 Å². The molecule has 0 aliphatic heterocycles. The van der Waals surface area contributed by atoms with E-state index in [1.807, 2.05) is 18.3 Å². The summed E-state index contributed by atoms with van der Waals surface area (Å²) in [6.07, 6.45) is 1.81. The van der Waals surface area contributed by atoms with Crippen molar-refractivity contribution in [2.45, 2.75) is 26.0 Å². The van der Waals surface area contributed by atoms with E-state index in [-0.39, 0.29) is 5.41 Å². The van der Waals surface area contributed by atoms with Crippen molar-refractivity contribution >= 4 is 26.5 Å². The van der Waals surface area contributed by atoms with Crippen LogP contribution in [-0.2, 0) is 5.21 Å². The summed E-state index contributed by atoms with van der Waals surface area (Å²) in [5.41, 5.74) is 7.67. The highest BCUT2D eigenvalue weighted by Gasteiger charge is 2.33. The van der Waals surface area contributed by atoms with Gasteiger partial charge in [0.1, 0.15) is 0 Å². The number of hydrogen-bond acceptors (Lipinski definition) is 1. The van der Waals surface area contributed by atoms with Crippen LogP contribution in [0.1, 0.15) is 26.3 Å². The van der Waals surface area contributed by atoms with E-state index in [9.17, 15) is 0 Å². The van der Waals surface area contributed by atoms with Gasteiger partial charge in [-0.2, -0.15) is 0 Å². The molecule has 0 amide bonds. The molecular formula is C26H21B2N. The predicted octanol–water partition coefficient (Wildman–Crippen LogP) is 6.09. The van der Waals surface area contributed by atoms with E-state index >= 15 is 0 Å². The van der Waals surface area contributed by atoms with Crippen LogP contribution in [0.4, 0.5) is 0 Å². The molecule has 5 rings (SSSR count). The van der Waals surface area contributed by atoms with Crippen molar-refractivity contribution in [2.75, 3.05) is 0 Å². The average molecular weight is 369 g/mol. The lowest BCUT2D eigenvalue weighted by Crippen LogP contribution is -2.41.